The van der Waals surface area contributed by atoms with Crippen LogP contribution in [0.2, 0.25) is 0 Å². The third-order valence-corrected chi connectivity index (χ3v) is 7.10. The van der Waals surface area contributed by atoms with E-state index in [1.54, 1.807) is 35.6 Å². The average Bonchev–Trinajstić information content (AvgIpc) is 3.07. The Balaban J connectivity index is 1.50. The predicted octanol–water partition coefficient (Wildman–Crippen LogP) is 5.30. The van der Waals surface area contributed by atoms with Crippen LogP contribution in [0.5, 0.6) is 0 Å². The number of anilines is 1. The fourth-order valence-corrected chi connectivity index (χ4v) is 5.10. The van der Waals surface area contributed by atoms with E-state index in [1.807, 2.05) is 50.2 Å². The number of aromatic nitrogens is 1. The van der Waals surface area contributed by atoms with Crippen LogP contribution in [-0.2, 0) is 16.4 Å². The molecule has 0 fully saturated rings. The topological polar surface area (TPSA) is 59.1 Å². The van der Waals surface area contributed by atoms with Crippen molar-refractivity contribution >= 4 is 37.3 Å². The van der Waals surface area contributed by atoms with E-state index in [4.69, 9.17) is 0 Å². The minimum atomic E-state index is -3.60. The fourth-order valence-electron chi connectivity index (χ4n) is 2.96. The minimum Gasteiger partial charge on any atom is -0.280 e. The second kappa shape index (κ2) is 7.37. The van der Waals surface area contributed by atoms with Crippen LogP contribution in [0.4, 0.5) is 5.69 Å². The molecule has 0 aliphatic carbocycles. The lowest BCUT2D eigenvalue weighted by atomic mass is 10.1. The van der Waals surface area contributed by atoms with E-state index in [0.717, 1.165) is 33.6 Å². The number of fused-ring (bicyclic) bond motifs is 1. The molecule has 0 bridgehead atoms. The van der Waals surface area contributed by atoms with Gasteiger partial charge in [-0.3, -0.25) is 4.72 Å². The minimum absolute atomic E-state index is 0.272. The molecule has 3 aromatic carbocycles. The molecule has 4 rings (SSSR count). The van der Waals surface area contributed by atoms with Gasteiger partial charge in [0.05, 0.1) is 20.1 Å². The van der Waals surface area contributed by atoms with Gasteiger partial charge in [0.2, 0.25) is 0 Å². The van der Waals surface area contributed by atoms with Crippen molar-refractivity contribution in [2.75, 3.05) is 4.72 Å². The Morgan fingerprint density at radius 1 is 0.929 bits per heavy atom. The molecule has 0 amide bonds. The maximum absolute atomic E-state index is 12.6. The number of rotatable bonds is 5. The summed E-state index contributed by atoms with van der Waals surface area (Å²) >= 11 is 1.68. The summed E-state index contributed by atoms with van der Waals surface area (Å²) in [6.07, 6.45) is 0.726. The molecule has 28 heavy (non-hydrogen) atoms. The highest BCUT2D eigenvalue weighted by atomic mass is 32.2. The van der Waals surface area contributed by atoms with Gasteiger partial charge in [0.15, 0.2) is 0 Å². The van der Waals surface area contributed by atoms with Crippen LogP contribution in [0.1, 0.15) is 21.7 Å². The second-order valence-electron chi connectivity index (χ2n) is 6.80. The van der Waals surface area contributed by atoms with Crippen LogP contribution in [0.3, 0.4) is 0 Å². The van der Waals surface area contributed by atoms with E-state index in [9.17, 15) is 8.42 Å². The first-order valence-electron chi connectivity index (χ1n) is 8.94. The molecule has 0 spiro atoms. The standard InChI is InChI=1S/C22H20N2O2S2/c1-15-7-12-19(13-16(15)2)28(25,26)24-18-10-8-17(9-11-18)14-22-23-20-5-3-4-6-21(20)27-22/h3-13,24H,14H2,1-2H3. The molecule has 0 unspecified atom stereocenters. The Morgan fingerprint density at radius 3 is 2.39 bits per heavy atom. The van der Waals surface area contributed by atoms with Crippen molar-refractivity contribution < 1.29 is 8.42 Å². The van der Waals surface area contributed by atoms with E-state index in [2.05, 4.69) is 15.8 Å². The molecule has 1 aromatic heterocycles. The lowest BCUT2D eigenvalue weighted by Gasteiger charge is -2.10. The SMILES string of the molecule is Cc1ccc(S(=O)(=O)Nc2ccc(Cc3nc4ccccc4s3)cc2)cc1C. The van der Waals surface area contributed by atoms with Crippen LogP contribution in [0.15, 0.2) is 71.6 Å². The predicted molar refractivity (Wildman–Crippen MR) is 116 cm³/mol. The number of nitrogens with one attached hydrogen (secondary N) is 1. The Kier molecular flexibility index (Phi) is 4.91. The lowest BCUT2D eigenvalue weighted by Crippen LogP contribution is -2.13. The Labute approximate surface area is 168 Å². The number of sulfonamides is 1. The van der Waals surface area contributed by atoms with Crippen molar-refractivity contribution in [1.29, 1.82) is 0 Å². The van der Waals surface area contributed by atoms with Gasteiger partial charge >= 0.3 is 0 Å². The summed E-state index contributed by atoms with van der Waals surface area (Å²) in [6, 6.07) is 20.7. The summed E-state index contributed by atoms with van der Waals surface area (Å²) in [5, 5.41) is 1.05. The van der Waals surface area contributed by atoms with E-state index >= 15 is 0 Å². The molecule has 0 radical (unpaired) electrons. The van der Waals surface area contributed by atoms with Gasteiger partial charge in [-0.1, -0.05) is 30.3 Å². The van der Waals surface area contributed by atoms with Gasteiger partial charge < -0.3 is 0 Å². The van der Waals surface area contributed by atoms with Gasteiger partial charge in [-0.15, -0.1) is 11.3 Å². The summed E-state index contributed by atoms with van der Waals surface area (Å²) in [4.78, 5) is 4.92. The van der Waals surface area contributed by atoms with Gasteiger partial charge in [-0.25, -0.2) is 13.4 Å². The zero-order chi connectivity index (χ0) is 19.7. The van der Waals surface area contributed by atoms with Crippen LogP contribution in [0.25, 0.3) is 10.2 Å². The van der Waals surface area contributed by atoms with Gasteiger partial charge in [0.25, 0.3) is 10.0 Å². The molecule has 142 valence electrons. The summed E-state index contributed by atoms with van der Waals surface area (Å²) in [6.45, 7) is 3.87. The van der Waals surface area contributed by atoms with Crippen molar-refractivity contribution in [1.82, 2.24) is 4.98 Å². The van der Waals surface area contributed by atoms with E-state index in [0.29, 0.717) is 5.69 Å². The van der Waals surface area contributed by atoms with Gasteiger partial charge in [0, 0.05) is 12.1 Å². The molecular weight excluding hydrogens is 388 g/mol. The van der Waals surface area contributed by atoms with Crippen LogP contribution >= 0.6 is 11.3 Å². The number of nitrogens with zero attached hydrogens (tertiary/aromatic N) is 1. The van der Waals surface area contributed by atoms with Crippen molar-refractivity contribution in [3.8, 4) is 0 Å². The zero-order valence-corrected chi connectivity index (χ0v) is 17.3. The maximum atomic E-state index is 12.6. The Morgan fingerprint density at radius 2 is 1.68 bits per heavy atom. The van der Waals surface area contributed by atoms with E-state index < -0.39 is 10.0 Å². The third kappa shape index (κ3) is 3.93. The lowest BCUT2D eigenvalue weighted by molar-refractivity contribution is 0.601. The number of benzene rings is 3. The summed E-state index contributed by atoms with van der Waals surface area (Å²) in [5.74, 6) is 0. The van der Waals surface area contributed by atoms with Crippen LogP contribution in [0, 0.1) is 13.8 Å². The summed E-state index contributed by atoms with van der Waals surface area (Å²) < 4.78 is 29.1. The average molecular weight is 409 g/mol. The third-order valence-electron chi connectivity index (χ3n) is 4.69. The fraction of sp³-hybridized carbons (Fsp3) is 0.136. The van der Waals surface area contributed by atoms with E-state index in [-0.39, 0.29) is 4.90 Å². The van der Waals surface area contributed by atoms with Crippen LogP contribution in [-0.4, -0.2) is 13.4 Å². The van der Waals surface area contributed by atoms with Gasteiger partial charge in [0.1, 0.15) is 0 Å². The van der Waals surface area contributed by atoms with Crippen molar-refractivity contribution in [3.63, 3.8) is 0 Å². The van der Waals surface area contributed by atoms with Crippen molar-refractivity contribution in [2.45, 2.75) is 25.2 Å². The molecule has 1 N–H and O–H groups in total. The smallest absolute Gasteiger partial charge is 0.261 e. The first kappa shape index (κ1) is 18.7. The first-order chi connectivity index (χ1) is 13.4. The largest absolute Gasteiger partial charge is 0.280 e. The molecule has 4 aromatic rings. The van der Waals surface area contributed by atoms with Gasteiger partial charge in [-0.2, -0.15) is 0 Å². The highest BCUT2D eigenvalue weighted by Gasteiger charge is 2.15. The van der Waals surface area contributed by atoms with Crippen molar-refractivity contribution in [2.24, 2.45) is 0 Å². The normalized spacial score (nSPS) is 11.6. The molecule has 4 nitrogen and oxygen atoms in total. The van der Waals surface area contributed by atoms with Crippen LogP contribution < -0.4 is 4.72 Å². The molecule has 0 aliphatic rings. The molecule has 0 aliphatic heterocycles. The van der Waals surface area contributed by atoms with E-state index in [1.165, 1.54) is 4.70 Å². The maximum Gasteiger partial charge on any atom is 0.261 e. The summed E-state index contributed by atoms with van der Waals surface area (Å²) in [7, 11) is -3.60. The number of hydrogen-bond donors (Lipinski definition) is 1. The number of para-hydroxylation sites is 1. The summed E-state index contributed by atoms with van der Waals surface area (Å²) in [5.41, 5.74) is 4.67. The monoisotopic (exact) mass is 408 g/mol. The van der Waals surface area contributed by atoms with Gasteiger partial charge in [-0.05, 0) is 66.9 Å². The highest BCUT2D eigenvalue weighted by Crippen LogP contribution is 2.24. The number of thiazole rings is 1. The zero-order valence-electron chi connectivity index (χ0n) is 15.6. The molecule has 0 atom stereocenters. The molecule has 1 heterocycles. The molecular formula is C22H20N2O2S2. The quantitative estimate of drug-likeness (QED) is 0.487. The Hall–Kier alpha value is -2.70. The number of aryl methyl sites for hydroxylation is 2. The molecule has 0 saturated heterocycles. The van der Waals surface area contributed by atoms with Crippen molar-refractivity contribution in [3.05, 3.63) is 88.4 Å². The second-order valence-corrected chi connectivity index (χ2v) is 9.60. The molecule has 0 saturated carbocycles. The first-order valence-corrected chi connectivity index (χ1v) is 11.2. The number of hydrogen-bond acceptors (Lipinski definition) is 4. The highest BCUT2D eigenvalue weighted by molar-refractivity contribution is 7.92. The molecule has 6 heteroatoms. The Bertz CT molecular complexity index is 1210.